The Bertz CT molecular complexity index is 253. The van der Waals surface area contributed by atoms with Crippen LogP contribution < -0.4 is 5.73 Å². The van der Waals surface area contributed by atoms with E-state index < -0.39 is 0 Å². The number of ether oxygens (including phenoxy) is 1. The Morgan fingerprint density at radius 2 is 2.06 bits per heavy atom. The molecule has 1 unspecified atom stereocenters. The lowest BCUT2D eigenvalue weighted by Gasteiger charge is -2.37. The first-order chi connectivity index (χ1) is 7.78. The van der Waals surface area contributed by atoms with Crippen LogP contribution in [-0.2, 0) is 4.74 Å². The van der Waals surface area contributed by atoms with E-state index in [0.717, 1.165) is 19.4 Å². The number of hydrogen-bond donors (Lipinski definition) is 1. The Hall–Kier alpha value is -0.340. The summed E-state index contributed by atoms with van der Waals surface area (Å²) in [5.74, 6) is 0. The number of nitrogens with two attached hydrogens (primary N) is 1. The summed E-state index contributed by atoms with van der Waals surface area (Å²) in [6.07, 6.45) is 12.3. The Balaban J connectivity index is 2.09. The molecule has 1 saturated carbocycles. The SMILES string of the molecule is CCOC1(C(N)C2=CCCCC2)CCCC1. The molecule has 2 N–H and O–H groups in total. The van der Waals surface area contributed by atoms with E-state index in [1.54, 1.807) is 0 Å². The van der Waals surface area contributed by atoms with Gasteiger partial charge in [-0.15, -0.1) is 0 Å². The van der Waals surface area contributed by atoms with Gasteiger partial charge in [-0.05, 0) is 45.4 Å². The van der Waals surface area contributed by atoms with E-state index in [0.29, 0.717) is 0 Å². The lowest BCUT2D eigenvalue weighted by Crippen LogP contribution is -2.49. The van der Waals surface area contributed by atoms with Crippen LogP contribution in [0, 0.1) is 0 Å². The molecular formula is C14H25NO. The fraction of sp³-hybridized carbons (Fsp3) is 0.857. The Morgan fingerprint density at radius 1 is 1.31 bits per heavy atom. The first-order valence-corrected chi connectivity index (χ1v) is 6.87. The molecule has 1 fully saturated rings. The predicted molar refractivity (Wildman–Crippen MR) is 67.4 cm³/mol. The minimum atomic E-state index is -0.0298. The van der Waals surface area contributed by atoms with Gasteiger partial charge in [-0.25, -0.2) is 0 Å². The Morgan fingerprint density at radius 3 is 2.62 bits per heavy atom. The molecule has 0 aromatic heterocycles. The van der Waals surface area contributed by atoms with Gasteiger partial charge in [0.2, 0.25) is 0 Å². The molecule has 0 spiro atoms. The maximum absolute atomic E-state index is 6.48. The lowest BCUT2D eigenvalue weighted by molar-refractivity contribution is -0.0456. The molecule has 2 aliphatic rings. The van der Waals surface area contributed by atoms with Crippen molar-refractivity contribution in [2.24, 2.45) is 5.73 Å². The lowest BCUT2D eigenvalue weighted by atomic mass is 9.82. The van der Waals surface area contributed by atoms with Crippen molar-refractivity contribution in [3.05, 3.63) is 11.6 Å². The van der Waals surface area contributed by atoms with E-state index >= 15 is 0 Å². The molecular weight excluding hydrogens is 198 g/mol. The van der Waals surface area contributed by atoms with E-state index in [4.69, 9.17) is 10.5 Å². The van der Waals surface area contributed by atoms with Crippen LogP contribution in [0.2, 0.25) is 0 Å². The normalized spacial score (nSPS) is 26.5. The second kappa shape index (κ2) is 5.33. The van der Waals surface area contributed by atoms with E-state index in [1.165, 1.54) is 44.1 Å². The van der Waals surface area contributed by atoms with Crippen LogP contribution in [0.3, 0.4) is 0 Å². The third-order valence-corrected chi connectivity index (χ3v) is 4.17. The molecule has 0 heterocycles. The standard InChI is InChI=1S/C14H25NO/c1-2-16-14(10-6-7-11-14)13(15)12-8-4-3-5-9-12/h8,13H,2-7,9-11,15H2,1H3. The van der Waals surface area contributed by atoms with Crippen LogP contribution in [-0.4, -0.2) is 18.2 Å². The molecule has 2 rings (SSSR count). The van der Waals surface area contributed by atoms with Gasteiger partial charge in [0.25, 0.3) is 0 Å². The second-order valence-corrected chi connectivity index (χ2v) is 5.21. The van der Waals surface area contributed by atoms with E-state index in [2.05, 4.69) is 13.0 Å². The number of rotatable bonds is 4. The van der Waals surface area contributed by atoms with Crippen LogP contribution >= 0.6 is 0 Å². The molecule has 0 aliphatic heterocycles. The number of allylic oxidation sites excluding steroid dienone is 1. The third kappa shape index (κ3) is 2.33. The average molecular weight is 223 g/mol. The van der Waals surface area contributed by atoms with Crippen LogP contribution in [0.1, 0.15) is 58.3 Å². The largest absolute Gasteiger partial charge is 0.373 e. The van der Waals surface area contributed by atoms with Crippen molar-refractivity contribution in [1.82, 2.24) is 0 Å². The molecule has 0 radical (unpaired) electrons. The summed E-state index contributed by atoms with van der Waals surface area (Å²) in [5, 5.41) is 0. The molecule has 0 saturated heterocycles. The zero-order valence-electron chi connectivity index (χ0n) is 10.5. The summed E-state index contributed by atoms with van der Waals surface area (Å²) in [6, 6.07) is 0.148. The summed E-state index contributed by atoms with van der Waals surface area (Å²) in [7, 11) is 0. The fourth-order valence-electron chi connectivity index (χ4n) is 3.29. The topological polar surface area (TPSA) is 35.2 Å². The van der Waals surface area contributed by atoms with Gasteiger partial charge in [0, 0.05) is 6.61 Å². The Kier molecular flexibility index (Phi) is 4.04. The zero-order chi connectivity index (χ0) is 11.4. The van der Waals surface area contributed by atoms with Gasteiger partial charge in [-0.1, -0.05) is 24.5 Å². The van der Waals surface area contributed by atoms with Gasteiger partial charge in [0.05, 0.1) is 11.6 Å². The van der Waals surface area contributed by atoms with Gasteiger partial charge in [-0.2, -0.15) is 0 Å². The average Bonchev–Trinajstić information content (AvgIpc) is 2.80. The van der Waals surface area contributed by atoms with Crippen LogP contribution in [0.15, 0.2) is 11.6 Å². The van der Waals surface area contributed by atoms with Crippen molar-refractivity contribution < 1.29 is 4.74 Å². The minimum Gasteiger partial charge on any atom is -0.373 e. The molecule has 2 aliphatic carbocycles. The fourth-order valence-corrected chi connectivity index (χ4v) is 3.29. The van der Waals surface area contributed by atoms with Crippen molar-refractivity contribution in [2.75, 3.05) is 6.61 Å². The molecule has 2 heteroatoms. The minimum absolute atomic E-state index is 0.0298. The first kappa shape index (κ1) is 12.1. The van der Waals surface area contributed by atoms with Crippen molar-refractivity contribution in [2.45, 2.75) is 69.9 Å². The summed E-state index contributed by atoms with van der Waals surface area (Å²) < 4.78 is 6.04. The molecule has 0 aromatic carbocycles. The molecule has 1 atom stereocenters. The maximum Gasteiger partial charge on any atom is 0.0870 e. The summed E-state index contributed by atoms with van der Waals surface area (Å²) in [5.41, 5.74) is 7.91. The van der Waals surface area contributed by atoms with Crippen LogP contribution in [0.5, 0.6) is 0 Å². The number of hydrogen-bond acceptors (Lipinski definition) is 2. The molecule has 92 valence electrons. The summed E-state index contributed by atoms with van der Waals surface area (Å²) in [6.45, 7) is 2.88. The first-order valence-electron chi connectivity index (χ1n) is 6.87. The highest BCUT2D eigenvalue weighted by Gasteiger charge is 2.41. The molecule has 0 bridgehead atoms. The third-order valence-electron chi connectivity index (χ3n) is 4.17. The molecule has 16 heavy (non-hydrogen) atoms. The highest BCUT2D eigenvalue weighted by Crippen LogP contribution is 2.39. The van der Waals surface area contributed by atoms with Gasteiger partial charge in [-0.3, -0.25) is 0 Å². The van der Waals surface area contributed by atoms with Gasteiger partial charge in [0.1, 0.15) is 0 Å². The van der Waals surface area contributed by atoms with Crippen molar-refractivity contribution in [1.29, 1.82) is 0 Å². The smallest absolute Gasteiger partial charge is 0.0870 e. The maximum atomic E-state index is 6.48. The van der Waals surface area contributed by atoms with Gasteiger partial charge >= 0.3 is 0 Å². The second-order valence-electron chi connectivity index (χ2n) is 5.21. The van der Waals surface area contributed by atoms with Crippen molar-refractivity contribution >= 4 is 0 Å². The summed E-state index contributed by atoms with van der Waals surface area (Å²) >= 11 is 0. The van der Waals surface area contributed by atoms with E-state index in [-0.39, 0.29) is 11.6 Å². The highest BCUT2D eigenvalue weighted by atomic mass is 16.5. The zero-order valence-corrected chi connectivity index (χ0v) is 10.5. The molecule has 0 aromatic rings. The molecule has 0 amide bonds. The monoisotopic (exact) mass is 223 g/mol. The highest BCUT2D eigenvalue weighted by molar-refractivity contribution is 5.19. The molecule has 2 nitrogen and oxygen atoms in total. The van der Waals surface area contributed by atoms with E-state index in [9.17, 15) is 0 Å². The van der Waals surface area contributed by atoms with E-state index in [1.807, 2.05) is 0 Å². The van der Waals surface area contributed by atoms with Gasteiger partial charge in [0.15, 0.2) is 0 Å². The Labute approximate surface area is 99.2 Å². The van der Waals surface area contributed by atoms with Crippen LogP contribution in [0.4, 0.5) is 0 Å². The predicted octanol–water partition coefficient (Wildman–Crippen LogP) is 3.16. The van der Waals surface area contributed by atoms with Crippen molar-refractivity contribution in [3.8, 4) is 0 Å². The van der Waals surface area contributed by atoms with Crippen LogP contribution in [0.25, 0.3) is 0 Å². The summed E-state index contributed by atoms with van der Waals surface area (Å²) in [4.78, 5) is 0. The van der Waals surface area contributed by atoms with Gasteiger partial charge < -0.3 is 10.5 Å². The quantitative estimate of drug-likeness (QED) is 0.743. The van der Waals surface area contributed by atoms with Crippen molar-refractivity contribution in [3.63, 3.8) is 0 Å².